The van der Waals surface area contributed by atoms with Crippen molar-refractivity contribution in [2.75, 3.05) is 22.4 Å². The Hall–Kier alpha value is -2.67. The van der Waals surface area contributed by atoms with Gasteiger partial charge in [-0.05, 0) is 56.5 Å². The van der Waals surface area contributed by atoms with Crippen molar-refractivity contribution < 1.29 is 18.0 Å². The summed E-state index contributed by atoms with van der Waals surface area (Å²) in [5, 5.41) is 2.75. The number of Topliss-reactive ketones (excluding diaryl/α,β-unsaturated/α-hetero) is 1. The average Bonchev–Trinajstić information content (AvgIpc) is 2.61. The predicted molar refractivity (Wildman–Crippen MR) is 112 cm³/mol. The number of rotatable bonds is 8. The van der Waals surface area contributed by atoms with Crippen LogP contribution < -0.4 is 9.62 Å². The molecule has 0 radical (unpaired) electrons. The highest BCUT2D eigenvalue weighted by Crippen LogP contribution is 2.25. The number of amides is 1. The Kier molecular flexibility index (Phi) is 6.96. The summed E-state index contributed by atoms with van der Waals surface area (Å²) in [5.41, 5.74) is 3.62. The molecule has 1 amide bonds. The smallest absolute Gasteiger partial charge is 0.232 e. The number of benzene rings is 2. The highest BCUT2D eigenvalue weighted by Gasteiger charge is 2.20. The Bertz CT molecular complexity index is 984. The molecule has 0 unspecified atom stereocenters. The molecule has 7 heteroatoms. The lowest BCUT2D eigenvalue weighted by molar-refractivity contribution is -0.116. The van der Waals surface area contributed by atoms with Crippen molar-refractivity contribution in [3.8, 4) is 0 Å². The first-order chi connectivity index (χ1) is 13.1. The number of hydrogen-bond acceptors (Lipinski definition) is 4. The standard InChI is InChI=1S/C21H26N2O4S/c1-15-8-5-11-20(16(15)2)23(28(4,26)27)13-7-12-21(25)22-19-10-6-9-18(14-19)17(3)24/h5-6,8-11,14H,7,12-13H2,1-4H3,(H,22,25). The third-order valence-electron chi connectivity index (χ3n) is 4.56. The minimum Gasteiger partial charge on any atom is -0.326 e. The lowest BCUT2D eigenvalue weighted by atomic mass is 10.1. The normalized spacial score (nSPS) is 11.1. The Balaban J connectivity index is 2.03. The van der Waals surface area contributed by atoms with E-state index in [1.165, 1.54) is 17.5 Å². The Morgan fingerprint density at radius 1 is 1.07 bits per heavy atom. The second-order valence-corrected chi connectivity index (χ2v) is 8.75. The first kappa shape index (κ1) is 21.6. The fourth-order valence-electron chi connectivity index (χ4n) is 2.89. The summed E-state index contributed by atoms with van der Waals surface area (Å²) in [5.74, 6) is -0.302. The van der Waals surface area contributed by atoms with E-state index in [0.717, 1.165) is 11.1 Å². The lowest BCUT2D eigenvalue weighted by Gasteiger charge is -2.24. The van der Waals surface area contributed by atoms with Gasteiger partial charge < -0.3 is 5.32 Å². The maximum atomic E-state index is 12.3. The molecular formula is C21H26N2O4S. The number of aryl methyl sites for hydroxylation is 1. The molecule has 0 bridgehead atoms. The molecule has 1 N–H and O–H groups in total. The van der Waals surface area contributed by atoms with E-state index in [9.17, 15) is 18.0 Å². The Labute approximate surface area is 166 Å². The zero-order valence-corrected chi connectivity index (χ0v) is 17.5. The lowest BCUT2D eigenvalue weighted by Crippen LogP contribution is -2.32. The van der Waals surface area contributed by atoms with Crippen molar-refractivity contribution >= 4 is 33.1 Å². The van der Waals surface area contributed by atoms with E-state index < -0.39 is 10.0 Å². The molecular weight excluding hydrogens is 376 g/mol. The molecule has 0 aliphatic carbocycles. The number of carbonyl (C=O) groups is 2. The topological polar surface area (TPSA) is 83.6 Å². The number of sulfonamides is 1. The van der Waals surface area contributed by atoms with Crippen LogP contribution in [0.3, 0.4) is 0 Å². The van der Waals surface area contributed by atoms with Crippen LogP contribution in [-0.2, 0) is 14.8 Å². The van der Waals surface area contributed by atoms with Crippen molar-refractivity contribution in [1.82, 2.24) is 0 Å². The highest BCUT2D eigenvalue weighted by atomic mass is 32.2. The number of hydrogen-bond donors (Lipinski definition) is 1. The average molecular weight is 403 g/mol. The molecule has 2 aromatic rings. The molecule has 2 rings (SSSR count). The summed E-state index contributed by atoms with van der Waals surface area (Å²) >= 11 is 0. The van der Waals surface area contributed by atoms with Crippen LogP contribution in [0.5, 0.6) is 0 Å². The molecule has 6 nitrogen and oxygen atoms in total. The SMILES string of the molecule is CC(=O)c1cccc(NC(=O)CCCN(c2cccc(C)c2C)S(C)(=O)=O)c1. The van der Waals surface area contributed by atoms with Gasteiger partial charge in [-0.15, -0.1) is 0 Å². The molecule has 150 valence electrons. The van der Waals surface area contributed by atoms with Gasteiger partial charge in [-0.2, -0.15) is 0 Å². The van der Waals surface area contributed by atoms with Gasteiger partial charge in [0.15, 0.2) is 5.78 Å². The van der Waals surface area contributed by atoms with Crippen LogP contribution in [0.2, 0.25) is 0 Å². The van der Waals surface area contributed by atoms with Gasteiger partial charge in [0.2, 0.25) is 15.9 Å². The summed E-state index contributed by atoms with van der Waals surface area (Å²) in [7, 11) is -3.47. The monoisotopic (exact) mass is 402 g/mol. The van der Waals surface area contributed by atoms with Gasteiger partial charge in [0.05, 0.1) is 11.9 Å². The van der Waals surface area contributed by atoms with Crippen molar-refractivity contribution in [3.05, 3.63) is 59.2 Å². The summed E-state index contributed by atoms with van der Waals surface area (Å²) in [4.78, 5) is 23.7. The van der Waals surface area contributed by atoms with Crippen LogP contribution in [-0.4, -0.2) is 32.9 Å². The fourth-order valence-corrected chi connectivity index (χ4v) is 3.91. The van der Waals surface area contributed by atoms with Gasteiger partial charge in [-0.3, -0.25) is 13.9 Å². The van der Waals surface area contributed by atoms with Crippen LogP contribution in [0.1, 0.15) is 41.3 Å². The summed E-state index contributed by atoms with van der Waals surface area (Å²) < 4.78 is 25.9. The molecule has 28 heavy (non-hydrogen) atoms. The van der Waals surface area contributed by atoms with E-state index in [0.29, 0.717) is 23.4 Å². The van der Waals surface area contributed by atoms with E-state index in [2.05, 4.69) is 5.32 Å². The minimum atomic E-state index is -3.47. The molecule has 0 fully saturated rings. The third kappa shape index (κ3) is 5.66. The molecule has 0 saturated heterocycles. The van der Waals surface area contributed by atoms with Crippen molar-refractivity contribution in [1.29, 1.82) is 0 Å². The quantitative estimate of drug-likeness (QED) is 0.683. The molecule has 0 atom stereocenters. The molecule has 0 saturated carbocycles. The largest absolute Gasteiger partial charge is 0.326 e. The second kappa shape index (κ2) is 9.01. The molecule has 0 spiro atoms. The minimum absolute atomic E-state index is 0.0755. The van der Waals surface area contributed by atoms with Crippen LogP contribution in [0.25, 0.3) is 0 Å². The van der Waals surface area contributed by atoms with E-state index in [-0.39, 0.29) is 24.7 Å². The zero-order chi connectivity index (χ0) is 20.9. The highest BCUT2D eigenvalue weighted by molar-refractivity contribution is 7.92. The summed E-state index contributed by atoms with van der Waals surface area (Å²) in [6, 6.07) is 12.3. The van der Waals surface area contributed by atoms with E-state index in [1.54, 1.807) is 30.3 Å². The predicted octanol–water partition coefficient (Wildman–Crippen LogP) is 3.69. The van der Waals surface area contributed by atoms with Crippen molar-refractivity contribution in [2.45, 2.75) is 33.6 Å². The van der Waals surface area contributed by atoms with Crippen LogP contribution in [0, 0.1) is 13.8 Å². The van der Waals surface area contributed by atoms with Crippen molar-refractivity contribution in [2.24, 2.45) is 0 Å². The first-order valence-electron chi connectivity index (χ1n) is 9.04. The molecule has 0 heterocycles. The third-order valence-corrected chi connectivity index (χ3v) is 5.74. The number of ketones is 1. The van der Waals surface area contributed by atoms with E-state index >= 15 is 0 Å². The first-order valence-corrected chi connectivity index (χ1v) is 10.9. The Morgan fingerprint density at radius 2 is 1.75 bits per heavy atom. The molecule has 0 aliphatic rings. The van der Waals surface area contributed by atoms with E-state index in [4.69, 9.17) is 0 Å². The maximum Gasteiger partial charge on any atom is 0.232 e. The van der Waals surface area contributed by atoms with Crippen LogP contribution in [0.4, 0.5) is 11.4 Å². The maximum absolute atomic E-state index is 12.3. The van der Waals surface area contributed by atoms with Gasteiger partial charge in [-0.1, -0.05) is 24.3 Å². The molecule has 0 aromatic heterocycles. The van der Waals surface area contributed by atoms with Gasteiger partial charge in [0.25, 0.3) is 0 Å². The van der Waals surface area contributed by atoms with Gasteiger partial charge in [0, 0.05) is 24.2 Å². The molecule has 2 aromatic carbocycles. The number of nitrogens with one attached hydrogen (secondary N) is 1. The number of nitrogens with zero attached hydrogens (tertiary/aromatic N) is 1. The van der Waals surface area contributed by atoms with Crippen LogP contribution >= 0.6 is 0 Å². The molecule has 0 aliphatic heterocycles. The van der Waals surface area contributed by atoms with Gasteiger partial charge in [0.1, 0.15) is 0 Å². The fraction of sp³-hybridized carbons (Fsp3) is 0.333. The van der Waals surface area contributed by atoms with Crippen molar-refractivity contribution in [3.63, 3.8) is 0 Å². The zero-order valence-electron chi connectivity index (χ0n) is 16.7. The van der Waals surface area contributed by atoms with Crippen LogP contribution in [0.15, 0.2) is 42.5 Å². The van der Waals surface area contributed by atoms with E-state index in [1.807, 2.05) is 26.0 Å². The van der Waals surface area contributed by atoms with Gasteiger partial charge >= 0.3 is 0 Å². The number of carbonyl (C=O) groups excluding carboxylic acids is 2. The Morgan fingerprint density at radius 3 is 2.39 bits per heavy atom. The summed E-state index contributed by atoms with van der Waals surface area (Å²) in [6.07, 6.45) is 1.71. The number of anilines is 2. The summed E-state index contributed by atoms with van der Waals surface area (Å²) in [6.45, 7) is 5.50. The van der Waals surface area contributed by atoms with Gasteiger partial charge in [-0.25, -0.2) is 8.42 Å². The second-order valence-electron chi connectivity index (χ2n) is 6.84.